The molecule has 24 heavy (non-hydrogen) atoms. The Kier molecular flexibility index (Phi) is 3.65. The third-order valence-electron chi connectivity index (χ3n) is 4.49. The van der Waals surface area contributed by atoms with Crippen LogP contribution >= 0.6 is 0 Å². The van der Waals surface area contributed by atoms with E-state index in [4.69, 9.17) is 4.74 Å². The summed E-state index contributed by atoms with van der Waals surface area (Å²) in [6, 6.07) is 11.8. The molecule has 1 unspecified atom stereocenters. The van der Waals surface area contributed by atoms with E-state index >= 15 is 0 Å². The van der Waals surface area contributed by atoms with E-state index in [0.717, 1.165) is 24.0 Å². The summed E-state index contributed by atoms with van der Waals surface area (Å²) in [5.74, 6) is 0.367. The summed E-state index contributed by atoms with van der Waals surface area (Å²) in [5.41, 5.74) is 2.13. The average Bonchev–Trinajstić information content (AvgIpc) is 3.12. The van der Waals surface area contributed by atoms with Gasteiger partial charge in [-0.2, -0.15) is 0 Å². The van der Waals surface area contributed by atoms with Gasteiger partial charge in [-0.1, -0.05) is 18.2 Å². The highest BCUT2D eigenvalue weighted by molar-refractivity contribution is 5.83. The molecular weight excluding hydrogens is 307 g/mol. The molecule has 1 aliphatic heterocycles. The lowest BCUT2D eigenvalue weighted by atomic mass is 10.0. The van der Waals surface area contributed by atoms with Gasteiger partial charge in [0.1, 0.15) is 17.7 Å². The SMILES string of the molecule is Cn1c(C2CCCO2)nc2cc(-c3cccc(F)c3)ccc2c1=O. The van der Waals surface area contributed by atoms with Crippen LogP contribution in [0.15, 0.2) is 47.3 Å². The fourth-order valence-electron chi connectivity index (χ4n) is 3.20. The van der Waals surface area contributed by atoms with Crippen molar-refractivity contribution < 1.29 is 9.13 Å². The summed E-state index contributed by atoms with van der Waals surface area (Å²) in [5, 5.41) is 0.555. The molecule has 0 spiro atoms. The van der Waals surface area contributed by atoms with E-state index in [1.807, 2.05) is 18.2 Å². The van der Waals surface area contributed by atoms with Gasteiger partial charge in [0.2, 0.25) is 0 Å². The van der Waals surface area contributed by atoms with Crippen LogP contribution in [0.1, 0.15) is 24.8 Å². The molecule has 0 N–H and O–H groups in total. The molecule has 0 bridgehead atoms. The van der Waals surface area contributed by atoms with Gasteiger partial charge in [0.05, 0.1) is 10.9 Å². The summed E-state index contributed by atoms with van der Waals surface area (Å²) in [6.07, 6.45) is 1.71. The average molecular weight is 324 g/mol. The van der Waals surface area contributed by atoms with Crippen molar-refractivity contribution in [2.45, 2.75) is 18.9 Å². The monoisotopic (exact) mass is 324 g/mol. The predicted molar refractivity (Wildman–Crippen MR) is 90.3 cm³/mol. The smallest absolute Gasteiger partial charge is 0.261 e. The Bertz CT molecular complexity index is 975. The van der Waals surface area contributed by atoms with E-state index in [1.54, 1.807) is 23.7 Å². The zero-order chi connectivity index (χ0) is 16.7. The van der Waals surface area contributed by atoms with E-state index < -0.39 is 0 Å². The standard InChI is InChI=1S/C19H17FN2O2/c1-22-18(17-6-3-9-24-17)21-16-11-13(7-8-15(16)19(22)23)12-4-2-5-14(20)10-12/h2,4-5,7-8,10-11,17H,3,6,9H2,1H3. The summed E-state index contributed by atoms with van der Waals surface area (Å²) in [4.78, 5) is 17.3. The minimum absolute atomic E-state index is 0.0868. The minimum Gasteiger partial charge on any atom is -0.370 e. The second-order valence-electron chi connectivity index (χ2n) is 6.08. The molecule has 2 aromatic carbocycles. The largest absolute Gasteiger partial charge is 0.370 e. The zero-order valence-corrected chi connectivity index (χ0v) is 13.3. The highest BCUT2D eigenvalue weighted by atomic mass is 19.1. The van der Waals surface area contributed by atoms with E-state index in [0.29, 0.717) is 23.3 Å². The molecule has 4 nitrogen and oxygen atoms in total. The minimum atomic E-state index is -0.287. The molecule has 1 aromatic heterocycles. The molecule has 0 saturated carbocycles. The predicted octanol–water partition coefficient (Wildman–Crippen LogP) is 3.59. The Morgan fingerprint density at radius 2 is 2.04 bits per heavy atom. The van der Waals surface area contributed by atoms with Crippen LogP contribution in [0.5, 0.6) is 0 Å². The number of fused-ring (bicyclic) bond motifs is 1. The van der Waals surface area contributed by atoms with E-state index in [9.17, 15) is 9.18 Å². The van der Waals surface area contributed by atoms with Gasteiger partial charge >= 0.3 is 0 Å². The van der Waals surface area contributed by atoms with Crippen molar-refractivity contribution in [2.24, 2.45) is 7.05 Å². The van der Waals surface area contributed by atoms with Crippen molar-refractivity contribution >= 4 is 10.9 Å². The molecule has 2 heterocycles. The molecule has 1 atom stereocenters. The first-order chi connectivity index (χ1) is 11.6. The molecule has 4 rings (SSSR count). The first-order valence-electron chi connectivity index (χ1n) is 8.02. The first kappa shape index (κ1) is 15.0. The maximum absolute atomic E-state index is 13.5. The van der Waals surface area contributed by atoms with Gasteiger partial charge in [0.15, 0.2) is 0 Å². The van der Waals surface area contributed by atoms with Gasteiger partial charge in [-0.3, -0.25) is 9.36 Å². The van der Waals surface area contributed by atoms with Crippen molar-refractivity contribution in [3.8, 4) is 11.1 Å². The lowest BCUT2D eigenvalue weighted by Gasteiger charge is -2.14. The summed E-state index contributed by atoms with van der Waals surface area (Å²) in [6.45, 7) is 0.696. The number of nitrogens with zero attached hydrogens (tertiary/aromatic N) is 2. The molecule has 3 aromatic rings. The van der Waals surface area contributed by atoms with Crippen LogP contribution in [0.25, 0.3) is 22.0 Å². The van der Waals surface area contributed by atoms with E-state index in [-0.39, 0.29) is 17.5 Å². The van der Waals surface area contributed by atoms with Crippen LogP contribution in [0.2, 0.25) is 0 Å². The van der Waals surface area contributed by atoms with Gasteiger partial charge in [0.25, 0.3) is 5.56 Å². The Morgan fingerprint density at radius 3 is 2.79 bits per heavy atom. The molecule has 1 fully saturated rings. The topological polar surface area (TPSA) is 44.1 Å². The third-order valence-corrected chi connectivity index (χ3v) is 4.49. The Labute approximate surface area is 138 Å². The summed E-state index contributed by atoms with van der Waals surface area (Å²) in [7, 11) is 1.73. The van der Waals surface area contributed by atoms with Gasteiger partial charge in [-0.15, -0.1) is 0 Å². The fraction of sp³-hybridized carbons (Fsp3) is 0.263. The third kappa shape index (κ3) is 2.51. The van der Waals surface area contributed by atoms with Crippen molar-refractivity contribution in [1.82, 2.24) is 9.55 Å². The van der Waals surface area contributed by atoms with Gasteiger partial charge in [-0.25, -0.2) is 9.37 Å². The van der Waals surface area contributed by atoms with Gasteiger partial charge in [0, 0.05) is 13.7 Å². The second kappa shape index (κ2) is 5.83. The van der Waals surface area contributed by atoms with Crippen LogP contribution in [-0.4, -0.2) is 16.2 Å². The maximum atomic E-state index is 13.5. The van der Waals surface area contributed by atoms with Crippen molar-refractivity contribution in [2.75, 3.05) is 6.61 Å². The molecule has 0 radical (unpaired) electrons. The molecule has 122 valence electrons. The highest BCUT2D eigenvalue weighted by Crippen LogP contribution is 2.28. The number of ether oxygens (including phenoxy) is 1. The molecule has 0 amide bonds. The Hall–Kier alpha value is -2.53. The second-order valence-corrected chi connectivity index (χ2v) is 6.08. The fourth-order valence-corrected chi connectivity index (χ4v) is 3.20. The van der Waals surface area contributed by atoms with Crippen LogP contribution in [-0.2, 0) is 11.8 Å². The number of halogens is 1. The van der Waals surface area contributed by atoms with E-state index in [1.165, 1.54) is 12.1 Å². The van der Waals surface area contributed by atoms with Gasteiger partial charge < -0.3 is 4.74 Å². The zero-order valence-electron chi connectivity index (χ0n) is 13.3. The van der Waals surface area contributed by atoms with Crippen LogP contribution in [0.4, 0.5) is 4.39 Å². The lowest BCUT2D eigenvalue weighted by molar-refractivity contribution is 0.102. The van der Waals surface area contributed by atoms with Gasteiger partial charge in [-0.05, 0) is 48.2 Å². The summed E-state index contributed by atoms with van der Waals surface area (Å²) < 4.78 is 20.7. The van der Waals surface area contributed by atoms with Crippen molar-refractivity contribution in [3.63, 3.8) is 0 Å². The molecule has 0 aliphatic carbocycles. The van der Waals surface area contributed by atoms with Crippen molar-refractivity contribution in [1.29, 1.82) is 0 Å². The molecule has 1 aliphatic rings. The molecular formula is C19H17FN2O2. The van der Waals surface area contributed by atoms with Crippen LogP contribution in [0.3, 0.4) is 0 Å². The number of aromatic nitrogens is 2. The van der Waals surface area contributed by atoms with E-state index in [2.05, 4.69) is 4.98 Å². The highest BCUT2D eigenvalue weighted by Gasteiger charge is 2.23. The summed E-state index contributed by atoms with van der Waals surface area (Å²) >= 11 is 0. The lowest BCUT2D eigenvalue weighted by Crippen LogP contribution is -2.24. The first-order valence-corrected chi connectivity index (χ1v) is 8.02. The van der Waals surface area contributed by atoms with Crippen LogP contribution < -0.4 is 5.56 Å². The normalized spacial score (nSPS) is 17.5. The van der Waals surface area contributed by atoms with Crippen LogP contribution in [0, 0.1) is 5.82 Å². The number of hydrogen-bond acceptors (Lipinski definition) is 3. The molecule has 5 heteroatoms. The maximum Gasteiger partial charge on any atom is 0.261 e. The Morgan fingerprint density at radius 1 is 1.21 bits per heavy atom. The van der Waals surface area contributed by atoms with Crippen molar-refractivity contribution in [3.05, 3.63) is 64.5 Å². The quantitative estimate of drug-likeness (QED) is 0.723. The number of benzene rings is 2. The Balaban J connectivity index is 1.89. The number of hydrogen-bond donors (Lipinski definition) is 0. The molecule has 1 saturated heterocycles. The number of rotatable bonds is 2.